The third kappa shape index (κ3) is 3.85. The Hall–Kier alpha value is -2.14. The van der Waals surface area contributed by atoms with E-state index in [1.54, 1.807) is 6.07 Å². The van der Waals surface area contributed by atoms with Gasteiger partial charge in [-0.05, 0) is 53.0 Å². The number of halogens is 1. The lowest BCUT2D eigenvalue weighted by Crippen LogP contribution is -2.46. The SMILES string of the molecule is O=C(NC1CCN(C(=O)c2ccccc2)CC1)c1ccccc1Br. The molecule has 4 nitrogen and oxygen atoms in total. The van der Waals surface area contributed by atoms with Gasteiger partial charge >= 0.3 is 0 Å². The standard InChI is InChI=1S/C19H19BrN2O2/c20-17-9-5-4-8-16(17)18(23)21-15-10-12-22(13-11-15)19(24)14-6-2-1-3-7-14/h1-9,15H,10-13H2,(H,21,23). The minimum absolute atomic E-state index is 0.0613. The van der Waals surface area contributed by atoms with Crippen LogP contribution in [-0.2, 0) is 0 Å². The summed E-state index contributed by atoms with van der Waals surface area (Å²) in [5.41, 5.74) is 1.36. The number of carbonyl (C=O) groups is 2. The lowest BCUT2D eigenvalue weighted by atomic mass is 10.0. The second kappa shape index (κ2) is 7.62. The van der Waals surface area contributed by atoms with Crippen molar-refractivity contribution in [2.24, 2.45) is 0 Å². The van der Waals surface area contributed by atoms with Crippen LogP contribution in [0.4, 0.5) is 0 Å². The Morgan fingerprint density at radius 3 is 2.25 bits per heavy atom. The van der Waals surface area contributed by atoms with Gasteiger partial charge in [-0.15, -0.1) is 0 Å². The molecule has 0 aromatic heterocycles. The van der Waals surface area contributed by atoms with E-state index in [4.69, 9.17) is 0 Å². The van der Waals surface area contributed by atoms with Gasteiger partial charge in [-0.2, -0.15) is 0 Å². The van der Waals surface area contributed by atoms with Gasteiger partial charge < -0.3 is 10.2 Å². The Balaban J connectivity index is 1.55. The molecule has 0 aliphatic carbocycles. The number of likely N-dealkylation sites (tertiary alicyclic amines) is 1. The van der Waals surface area contributed by atoms with E-state index in [0.29, 0.717) is 24.2 Å². The van der Waals surface area contributed by atoms with Gasteiger partial charge in [0.15, 0.2) is 0 Å². The fourth-order valence-electron chi connectivity index (χ4n) is 2.90. The highest BCUT2D eigenvalue weighted by Crippen LogP contribution is 2.18. The lowest BCUT2D eigenvalue weighted by Gasteiger charge is -2.32. The summed E-state index contributed by atoms with van der Waals surface area (Å²) in [6.45, 7) is 1.32. The van der Waals surface area contributed by atoms with E-state index >= 15 is 0 Å². The van der Waals surface area contributed by atoms with Crippen LogP contribution in [-0.4, -0.2) is 35.8 Å². The molecule has 2 amide bonds. The quantitative estimate of drug-likeness (QED) is 0.877. The first-order valence-corrected chi connectivity index (χ1v) is 8.84. The van der Waals surface area contributed by atoms with Crippen molar-refractivity contribution in [2.45, 2.75) is 18.9 Å². The molecule has 0 unspecified atom stereocenters. The number of amides is 2. The second-order valence-electron chi connectivity index (χ2n) is 5.89. The molecule has 1 fully saturated rings. The Morgan fingerprint density at radius 1 is 0.958 bits per heavy atom. The molecule has 5 heteroatoms. The first kappa shape index (κ1) is 16.7. The molecule has 0 bridgehead atoms. The zero-order valence-corrected chi connectivity index (χ0v) is 14.8. The van der Waals surface area contributed by atoms with Gasteiger partial charge in [0.05, 0.1) is 5.56 Å². The zero-order chi connectivity index (χ0) is 16.9. The molecule has 0 radical (unpaired) electrons. The van der Waals surface area contributed by atoms with Crippen LogP contribution in [0.2, 0.25) is 0 Å². The van der Waals surface area contributed by atoms with Crippen LogP contribution in [0.5, 0.6) is 0 Å². The van der Waals surface area contributed by atoms with Crippen LogP contribution in [0.15, 0.2) is 59.1 Å². The van der Waals surface area contributed by atoms with E-state index in [-0.39, 0.29) is 17.9 Å². The number of hydrogen-bond donors (Lipinski definition) is 1. The highest BCUT2D eigenvalue weighted by Gasteiger charge is 2.25. The first-order chi connectivity index (χ1) is 11.6. The van der Waals surface area contributed by atoms with Gasteiger partial charge in [-0.25, -0.2) is 0 Å². The molecule has 2 aromatic carbocycles. The maximum absolute atomic E-state index is 12.4. The molecule has 3 rings (SSSR count). The van der Waals surface area contributed by atoms with Gasteiger partial charge in [0, 0.05) is 29.2 Å². The molecular formula is C19H19BrN2O2. The summed E-state index contributed by atoms with van der Waals surface area (Å²) >= 11 is 3.40. The summed E-state index contributed by atoms with van der Waals surface area (Å²) in [4.78, 5) is 26.6. The summed E-state index contributed by atoms with van der Waals surface area (Å²) in [6.07, 6.45) is 1.55. The summed E-state index contributed by atoms with van der Waals surface area (Å²) in [5, 5.41) is 3.07. The highest BCUT2D eigenvalue weighted by atomic mass is 79.9. The van der Waals surface area contributed by atoms with Crippen molar-refractivity contribution in [1.82, 2.24) is 10.2 Å². The molecule has 1 saturated heterocycles. The first-order valence-electron chi connectivity index (χ1n) is 8.05. The predicted octanol–water partition coefficient (Wildman–Crippen LogP) is 3.48. The largest absolute Gasteiger partial charge is 0.349 e. The van der Waals surface area contributed by atoms with Crippen LogP contribution in [0.25, 0.3) is 0 Å². The number of hydrogen-bond acceptors (Lipinski definition) is 2. The van der Waals surface area contributed by atoms with E-state index in [1.165, 1.54) is 0 Å². The Kier molecular flexibility index (Phi) is 5.30. The highest BCUT2D eigenvalue weighted by molar-refractivity contribution is 9.10. The van der Waals surface area contributed by atoms with Crippen molar-refractivity contribution in [3.05, 3.63) is 70.2 Å². The molecule has 1 heterocycles. The molecular weight excluding hydrogens is 368 g/mol. The van der Waals surface area contributed by atoms with E-state index in [2.05, 4.69) is 21.2 Å². The van der Waals surface area contributed by atoms with Crippen LogP contribution in [0, 0.1) is 0 Å². The minimum Gasteiger partial charge on any atom is -0.349 e. The number of nitrogens with zero attached hydrogens (tertiary/aromatic N) is 1. The monoisotopic (exact) mass is 386 g/mol. The average molecular weight is 387 g/mol. The van der Waals surface area contributed by atoms with Crippen LogP contribution >= 0.6 is 15.9 Å². The number of carbonyl (C=O) groups excluding carboxylic acids is 2. The maximum atomic E-state index is 12.4. The van der Waals surface area contributed by atoms with Crippen molar-refractivity contribution in [3.8, 4) is 0 Å². The molecule has 1 aliphatic heterocycles. The number of piperidine rings is 1. The Labute approximate surface area is 150 Å². The minimum atomic E-state index is -0.0738. The van der Waals surface area contributed by atoms with Crippen molar-refractivity contribution >= 4 is 27.7 Å². The Bertz CT molecular complexity index is 725. The molecule has 0 atom stereocenters. The van der Waals surface area contributed by atoms with Gasteiger partial charge in [0.2, 0.25) is 0 Å². The van der Waals surface area contributed by atoms with Gasteiger partial charge in [-0.3, -0.25) is 9.59 Å². The fraction of sp³-hybridized carbons (Fsp3) is 0.263. The van der Waals surface area contributed by atoms with E-state index in [1.807, 2.05) is 53.4 Å². The summed E-state index contributed by atoms with van der Waals surface area (Å²) in [6, 6.07) is 16.8. The topological polar surface area (TPSA) is 49.4 Å². The second-order valence-corrected chi connectivity index (χ2v) is 6.74. The number of benzene rings is 2. The summed E-state index contributed by atoms with van der Waals surface area (Å²) in [5.74, 6) is -0.0125. The van der Waals surface area contributed by atoms with Gasteiger partial charge in [0.25, 0.3) is 11.8 Å². The van der Waals surface area contributed by atoms with E-state index in [0.717, 1.165) is 17.3 Å². The molecule has 2 aromatic rings. The van der Waals surface area contributed by atoms with Gasteiger partial charge in [0.1, 0.15) is 0 Å². The normalized spacial score (nSPS) is 15.1. The Morgan fingerprint density at radius 2 is 1.58 bits per heavy atom. The van der Waals surface area contributed by atoms with Crippen molar-refractivity contribution < 1.29 is 9.59 Å². The van der Waals surface area contributed by atoms with Crippen LogP contribution in [0.3, 0.4) is 0 Å². The fourth-order valence-corrected chi connectivity index (χ4v) is 3.36. The maximum Gasteiger partial charge on any atom is 0.253 e. The zero-order valence-electron chi connectivity index (χ0n) is 13.2. The third-order valence-corrected chi connectivity index (χ3v) is 4.95. The molecule has 1 N–H and O–H groups in total. The van der Waals surface area contributed by atoms with Crippen LogP contribution in [0.1, 0.15) is 33.6 Å². The van der Waals surface area contributed by atoms with Crippen molar-refractivity contribution in [3.63, 3.8) is 0 Å². The smallest absolute Gasteiger partial charge is 0.253 e. The number of nitrogens with one attached hydrogen (secondary N) is 1. The van der Waals surface area contributed by atoms with E-state index in [9.17, 15) is 9.59 Å². The third-order valence-electron chi connectivity index (χ3n) is 4.26. The molecule has 0 spiro atoms. The average Bonchev–Trinajstić information content (AvgIpc) is 2.63. The van der Waals surface area contributed by atoms with E-state index < -0.39 is 0 Å². The molecule has 1 aliphatic rings. The van der Waals surface area contributed by atoms with Gasteiger partial charge in [-0.1, -0.05) is 30.3 Å². The number of rotatable bonds is 3. The summed E-state index contributed by atoms with van der Waals surface area (Å²) < 4.78 is 0.791. The predicted molar refractivity (Wildman–Crippen MR) is 97.0 cm³/mol. The summed E-state index contributed by atoms with van der Waals surface area (Å²) in [7, 11) is 0. The van der Waals surface area contributed by atoms with Crippen LogP contribution < -0.4 is 5.32 Å². The molecule has 24 heavy (non-hydrogen) atoms. The van der Waals surface area contributed by atoms with Crippen molar-refractivity contribution in [2.75, 3.05) is 13.1 Å². The molecule has 0 saturated carbocycles. The molecule has 124 valence electrons. The lowest BCUT2D eigenvalue weighted by molar-refractivity contribution is 0.0698. The van der Waals surface area contributed by atoms with Crippen molar-refractivity contribution in [1.29, 1.82) is 0 Å².